The molecular formula is C23H29ClN2O3S2. The summed E-state index contributed by atoms with van der Waals surface area (Å²) in [6.45, 7) is 3.47. The molecule has 1 aliphatic heterocycles. The number of hydrogen-bond donors (Lipinski definition) is 1. The Labute approximate surface area is 194 Å². The third-order valence-corrected chi connectivity index (χ3v) is 8.78. The second kappa shape index (κ2) is 11.4. The molecule has 1 fully saturated rings. The van der Waals surface area contributed by atoms with Crippen molar-refractivity contribution < 1.29 is 13.2 Å². The standard InChI is InChI=1S/C23H29ClN2O3S2/c1-18-6-2-3-7-20(18)16-30-15-12-25-23(27)19-10-13-26(14-11-19)31(28,29)17-21-8-4-5-9-22(21)24/h2-9,19H,10-17H2,1H3,(H,25,27). The van der Waals surface area contributed by atoms with Crippen LogP contribution in [0.3, 0.4) is 0 Å². The van der Waals surface area contributed by atoms with E-state index in [2.05, 4.69) is 24.4 Å². The Morgan fingerprint density at radius 3 is 2.42 bits per heavy atom. The first-order chi connectivity index (χ1) is 14.9. The zero-order chi connectivity index (χ0) is 22.3. The highest BCUT2D eigenvalue weighted by atomic mass is 35.5. The van der Waals surface area contributed by atoms with E-state index in [0.29, 0.717) is 43.1 Å². The molecule has 0 bridgehead atoms. The number of sulfonamides is 1. The van der Waals surface area contributed by atoms with Gasteiger partial charge >= 0.3 is 0 Å². The number of halogens is 1. The minimum absolute atomic E-state index is 0.0274. The van der Waals surface area contributed by atoms with Crippen LogP contribution in [0.25, 0.3) is 0 Å². The van der Waals surface area contributed by atoms with Crippen LogP contribution in [-0.2, 0) is 26.3 Å². The zero-order valence-electron chi connectivity index (χ0n) is 17.7. The number of aryl methyl sites for hydroxylation is 1. The lowest BCUT2D eigenvalue weighted by molar-refractivity contribution is -0.125. The first kappa shape index (κ1) is 24.1. The summed E-state index contributed by atoms with van der Waals surface area (Å²) >= 11 is 7.91. The van der Waals surface area contributed by atoms with Gasteiger partial charge in [0, 0.05) is 42.1 Å². The lowest BCUT2D eigenvalue weighted by Crippen LogP contribution is -2.43. The molecule has 1 amide bonds. The number of carbonyl (C=O) groups is 1. The van der Waals surface area contributed by atoms with E-state index in [1.54, 1.807) is 36.0 Å². The summed E-state index contributed by atoms with van der Waals surface area (Å²) < 4.78 is 26.9. The normalized spacial score (nSPS) is 15.7. The van der Waals surface area contributed by atoms with Crippen molar-refractivity contribution in [1.82, 2.24) is 9.62 Å². The highest BCUT2D eigenvalue weighted by Gasteiger charge is 2.31. The second-order valence-corrected chi connectivity index (χ2v) is 11.3. The van der Waals surface area contributed by atoms with Crippen LogP contribution in [0, 0.1) is 12.8 Å². The monoisotopic (exact) mass is 480 g/mol. The van der Waals surface area contributed by atoms with Crippen molar-refractivity contribution >= 4 is 39.3 Å². The summed E-state index contributed by atoms with van der Waals surface area (Å²) in [5.41, 5.74) is 3.21. The lowest BCUT2D eigenvalue weighted by Gasteiger charge is -2.30. The molecule has 168 valence electrons. The van der Waals surface area contributed by atoms with Gasteiger partial charge in [-0.05, 0) is 42.5 Å². The van der Waals surface area contributed by atoms with Crippen LogP contribution in [0.5, 0.6) is 0 Å². The molecule has 2 aromatic rings. The molecule has 0 saturated carbocycles. The zero-order valence-corrected chi connectivity index (χ0v) is 20.1. The molecule has 1 saturated heterocycles. The number of piperidine rings is 1. The molecule has 2 aromatic carbocycles. The van der Waals surface area contributed by atoms with Crippen LogP contribution < -0.4 is 5.32 Å². The largest absolute Gasteiger partial charge is 0.355 e. The van der Waals surface area contributed by atoms with E-state index in [0.717, 1.165) is 11.5 Å². The average Bonchev–Trinajstić information content (AvgIpc) is 2.76. The summed E-state index contributed by atoms with van der Waals surface area (Å²) in [5.74, 6) is 1.57. The Hall–Kier alpha value is -1.54. The molecule has 1 aliphatic rings. The maximum absolute atomic E-state index is 12.7. The van der Waals surface area contributed by atoms with Gasteiger partial charge in [0.05, 0.1) is 5.75 Å². The van der Waals surface area contributed by atoms with Gasteiger partial charge in [-0.25, -0.2) is 12.7 Å². The van der Waals surface area contributed by atoms with Gasteiger partial charge in [0.25, 0.3) is 0 Å². The van der Waals surface area contributed by atoms with Gasteiger partial charge in [-0.15, -0.1) is 0 Å². The van der Waals surface area contributed by atoms with Crippen LogP contribution in [0.4, 0.5) is 0 Å². The van der Waals surface area contributed by atoms with Crippen molar-refractivity contribution in [3.63, 3.8) is 0 Å². The molecule has 0 atom stereocenters. The maximum atomic E-state index is 12.7. The molecule has 1 heterocycles. The molecule has 0 radical (unpaired) electrons. The van der Waals surface area contributed by atoms with Gasteiger partial charge in [0.2, 0.25) is 15.9 Å². The number of thioether (sulfide) groups is 1. The number of nitrogens with one attached hydrogen (secondary N) is 1. The Balaban J connectivity index is 1.38. The number of benzene rings is 2. The van der Waals surface area contributed by atoms with Crippen molar-refractivity contribution in [2.75, 3.05) is 25.4 Å². The smallest absolute Gasteiger partial charge is 0.223 e. The van der Waals surface area contributed by atoms with Crippen molar-refractivity contribution in [3.8, 4) is 0 Å². The molecule has 1 N–H and O–H groups in total. The minimum atomic E-state index is -3.45. The van der Waals surface area contributed by atoms with Crippen LogP contribution in [0.15, 0.2) is 48.5 Å². The van der Waals surface area contributed by atoms with Gasteiger partial charge in [-0.2, -0.15) is 11.8 Å². The van der Waals surface area contributed by atoms with E-state index in [1.165, 1.54) is 15.4 Å². The summed E-state index contributed by atoms with van der Waals surface area (Å²) in [6.07, 6.45) is 1.09. The van der Waals surface area contributed by atoms with E-state index in [4.69, 9.17) is 11.6 Å². The first-order valence-electron chi connectivity index (χ1n) is 10.5. The number of rotatable bonds is 9. The number of amides is 1. The van der Waals surface area contributed by atoms with Crippen molar-refractivity contribution in [1.29, 1.82) is 0 Å². The highest BCUT2D eigenvalue weighted by molar-refractivity contribution is 7.98. The van der Waals surface area contributed by atoms with E-state index in [9.17, 15) is 13.2 Å². The van der Waals surface area contributed by atoms with Gasteiger partial charge in [0.1, 0.15) is 0 Å². The number of carbonyl (C=O) groups excluding carboxylic acids is 1. The Kier molecular flexibility index (Phi) is 8.84. The average molecular weight is 481 g/mol. The fourth-order valence-corrected chi connectivity index (χ4v) is 6.46. The fourth-order valence-electron chi connectivity index (χ4n) is 3.64. The number of nitrogens with zero attached hydrogens (tertiary/aromatic N) is 1. The van der Waals surface area contributed by atoms with E-state index < -0.39 is 10.0 Å². The molecule has 31 heavy (non-hydrogen) atoms. The molecule has 3 rings (SSSR count). The van der Waals surface area contributed by atoms with E-state index in [1.807, 2.05) is 12.1 Å². The summed E-state index contributed by atoms with van der Waals surface area (Å²) in [6, 6.07) is 15.3. The summed E-state index contributed by atoms with van der Waals surface area (Å²) in [4.78, 5) is 12.5. The van der Waals surface area contributed by atoms with Crippen LogP contribution in [-0.4, -0.2) is 44.0 Å². The number of hydrogen-bond acceptors (Lipinski definition) is 4. The molecule has 0 spiro atoms. The molecule has 0 aliphatic carbocycles. The van der Waals surface area contributed by atoms with Gasteiger partial charge in [0.15, 0.2) is 0 Å². The van der Waals surface area contributed by atoms with Crippen LogP contribution in [0.1, 0.15) is 29.5 Å². The van der Waals surface area contributed by atoms with Crippen LogP contribution in [0.2, 0.25) is 5.02 Å². The molecule has 0 aromatic heterocycles. The predicted molar refractivity (Wildman–Crippen MR) is 129 cm³/mol. The Bertz CT molecular complexity index is 990. The summed E-state index contributed by atoms with van der Waals surface area (Å²) in [7, 11) is -3.45. The third-order valence-electron chi connectivity index (χ3n) is 5.58. The predicted octanol–water partition coefficient (Wildman–Crippen LogP) is 4.24. The third kappa shape index (κ3) is 6.97. The van der Waals surface area contributed by atoms with E-state index >= 15 is 0 Å². The van der Waals surface area contributed by atoms with E-state index in [-0.39, 0.29) is 17.6 Å². The molecule has 0 unspecified atom stereocenters. The molecule has 8 heteroatoms. The Morgan fingerprint density at radius 1 is 1.10 bits per heavy atom. The fraction of sp³-hybridized carbons (Fsp3) is 0.435. The summed E-state index contributed by atoms with van der Waals surface area (Å²) in [5, 5.41) is 3.47. The van der Waals surface area contributed by atoms with Gasteiger partial charge in [-0.1, -0.05) is 54.1 Å². The minimum Gasteiger partial charge on any atom is -0.355 e. The highest BCUT2D eigenvalue weighted by Crippen LogP contribution is 2.24. The second-order valence-electron chi connectivity index (χ2n) is 7.79. The van der Waals surface area contributed by atoms with Gasteiger partial charge < -0.3 is 5.32 Å². The Morgan fingerprint density at radius 2 is 1.74 bits per heavy atom. The molecule has 5 nitrogen and oxygen atoms in total. The molecular weight excluding hydrogens is 452 g/mol. The van der Waals surface area contributed by atoms with Crippen molar-refractivity contribution in [2.24, 2.45) is 5.92 Å². The quantitative estimate of drug-likeness (QED) is 0.545. The topological polar surface area (TPSA) is 66.5 Å². The van der Waals surface area contributed by atoms with Crippen molar-refractivity contribution in [2.45, 2.75) is 31.3 Å². The SMILES string of the molecule is Cc1ccccc1CSCCNC(=O)C1CCN(S(=O)(=O)Cc2ccccc2Cl)CC1. The van der Waals surface area contributed by atoms with Gasteiger partial charge in [-0.3, -0.25) is 4.79 Å². The maximum Gasteiger partial charge on any atom is 0.223 e. The van der Waals surface area contributed by atoms with Crippen molar-refractivity contribution in [3.05, 3.63) is 70.2 Å². The first-order valence-corrected chi connectivity index (χ1v) is 13.6. The van der Waals surface area contributed by atoms with Crippen LogP contribution >= 0.6 is 23.4 Å². The lowest BCUT2D eigenvalue weighted by atomic mass is 9.97.